The van der Waals surface area contributed by atoms with Gasteiger partial charge in [-0.1, -0.05) is 12.1 Å². The Morgan fingerprint density at radius 2 is 1.74 bits per heavy atom. The molecule has 0 N–H and O–H groups in total. The normalized spacial score (nSPS) is 15.9. The van der Waals surface area contributed by atoms with Crippen molar-refractivity contribution >= 4 is 23.1 Å². The first-order valence-corrected chi connectivity index (χ1v) is 9.59. The fraction of sp³-hybridized carbons (Fsp3) is 0.364. The van der Waals surface area contributed by atoms with Crippen molar-refractivity contribution in [2.45, 2.75) is 32.1 Å². The average Bonchev–Trinajstić information content (AvgIpc) is 3.35. The van der Waals surface area contributed by atoms with Crippen LogP contribution in [0.2, 0.25) is 0 Å². The van der Waals surface area contributed by atoms with Gasteiger partial charge < -0.3 is 9.80 Å². The SMILES string of the molecule is O=C(CCC(=O)N1CCc2cc(N3CCCC3)ccc21)c1ccccc1F. The molecule has 1 amide bonds. The smallest absolute Gasteiger partial charge is 0.227 e. The third kappa shape index (κ3) is 3.59. The van der Waals surface area contributed by atoms with Crippen molar-refractivity contribution in [1.29, 1.82) is 0 Å². The molecule has 0 bridgehead atoms. The maximum absolute atomic E-state index is 13.7. The first-order chi connectivity index (χ1) is 13.1. The number of halogens is 1. The van der Waals surface area contributed by atoms with Gasteiger partial charge in [0.2, 0.25) is 5.91 Å². The fourth-order valence-corrected chi connectivity index (χ4v) is 4.00. The Labute approximate surface area is 158 Å². The van der Waals surface area contributed by atoms with Gasteiger partial charge in [-0.25, -0.2) is 4.39 Å². The molecule has 0 aliphatic carbocycles. The van der Waals surface area contributed by atoms with E-state index in [1.165, 1.54) is 36.2 Å². The summed E-state index contributed by atoms with van der Waals surface area (Å²) >= 11 is 0. The summed E-state index contributed by atoms with van der Waals surface area (Å²) in [5.74, 6) is -0.937. The standard InChI is InChI=1S/C22H23FN2O2/c23-19-6-2-1-5-18(19)21(26)9-10-22(27)25-14-11-16-15-17(7-8-20(16)25)24-12-3-4-13-24/h1-2,5-8,15H,3-4,9-14H2. The van der Waals surface area contributed by atoms with Gasteiger partial charge in [0.1, 0.15) is 5.82 Å². The number of Topliss-reactive ketones (excluding diaryl/α,β-unsaturated/α-hetero) is 1. The molecule has 0 spiro atoms. The third-order valence-electron chi connectivity index (χ3n) is 5.47. The Morgan fingerprint density at radius 3 is 2.52 bits per heavy atom. The topological polar surface area (TPSA) is 40.6 Å². The van der Waals surface area contributed by atoms with Gasteiger partial charge >= 0.3 is 0 Å². The van der Waals surface area contributed by atoms with Crippen LogP contribution in [0.1, 0.15) is 41.6 Å². The van der Waals surface area contributed by atoms with Crippen LogP contribution in [0.3, 0.4) is 0 Å². The quantitative estimate of drug-likeness (QED) is 0.752. The van der Waals surface area contributed by atoms with Crippen molar-refractivity contribution in [2.75, 3.05) is 29.4 Å². The summed E-state index contributed by atoms with van der Waals surface area (Å²) in [5.41, 5.74) is 3.42. The fourth-order valence-electron chi connectivity index (χ4n) is 4.00. The summed E-state index contributed by atoms with van der Waals surface area (Å²) in [6.45, 7) is 2.84. The van der Waals surface area contributed by atoms with Crippen molar-refractivity contribution in [3.63, 3.8) is 0 Å². The lowest BCUT2D eigenvalue weighted by Gasteiger charge is -2.20. The molecule has 27 heavy (non-hydrogen) atoms. The molecule has 5 heteroatoms. The van der Waals surface area contributed by atoms with Crippen LogP contribution >= 0.6 is 0 Å². The minimum absolute atomic E-state index is 0.0253. The van der Waals surface area contributed by atoms with Crippen molar-refractivity contribution in [2.24, 2.45) is 0 Å². The monoisotopic (exact) mass is 366 g/mol. The van der Waals surface area contributed by atoms with Crippen LogP contribution in [0.25, 0.3) is 0 Å². The molecule has 1 saturated heterocycles. The summed E-state index contributed by atoms with van der Waals surface area (Å²) in [7, 11) is 0. The zero-order valence-electron chi connectivity index (χ0n) is 15.3. The predicted octanol–water partition coefficient (Wildman–Crippen LogP) is 3.98. The van der Waals surface area contributed by atoms with Gasteiger partial charge in [0.05, 0.1) is 5.56 Å². The summed E-state index contributed by atoms with van der Waals surface area (Å²) in [5, 5.41) is 0. The van der Waals surface area contributed by atoms with E-state index in [4.69, 9.17) is 0 Å². The lowest BCUT2D eigenvalue weighted by atomic mass is 10.1. The van der Waals surface area contributed by atoms with Crippen molar-refractivity contribution in [3.8, 4) is 0 Å². The van der Waals surface area contributed by atoms with E-state index in [-0.39, 0.29) is 30.1 Å². The molecule has 0 atom stereocenters. The van der Waals surface area contributed by atoms with Gasteiger partial charge in [-0.15, -0.1) is 0 Å². The molecule has 0 unspecified atom stereocenters. The van der Waals surface area contributed by atoms with E-state index in [2.05, 4.69) is 17.0 Å². The molecule has 2 heterocycles. The minimum atomic E-state index is -0.532. The van der Waals surface area contributed by atoms with E-state index >= 15 is 0 Å². The third-order valence-corrected chi connectivity index (χ3v) is 5.47. The van der Waals surface area contributed by atoms with Crippen LogP contribution < -0.4 is 9.80 Å². The van der Waals surface area contributed by atoms with Crippen molar-refractivity contribution < 1.29 is 14.0 Å². The second-order valence-corrected chi connectivity index (χ2v) is 7.21. The van der Waals surface area contributed by atoms with Crippen LogP contribution in [0.5, 0.6) is 0 Å². The Bertz CT molecular complexity index is 874. The van der Waals surface area contributed by atoms with Crippen LogP contribution in [0, 0.1) is 5.82 Å². The molecule has 140 valence electrons. The first kappa shape index (κ1) is 17.7. The number of benzene rings is 2. The molecule has 0 radical (unpaired) electrons. The highest BCUT2D eigenvalue weighted by Gasteiger charge is 2.26. The van der Waals surface area contributed by atoms with E-state index < -0.39 is 5.82 Å². The Morgan fingerprint density at radius 1 is 0.963 bits per heavy atom. The van der Waals surface area contributed by atoms with Crippen LogP contribution in [0.15, 0.2) is 42.5 Å². The predicted molar refractivity (Wildman–Crippen MR) is 104 cm³/mol. The Balaban J connectivity index is 1.41. The van der Waals surface area contributed by atoms with E-state index in [1.807, 2.05) is 6.07 Å². The zero-order chi connectivity index (χ0) is 18.8. The van der Waals surface area contributed by atoms with Crippen LogP contribution in [-0.4, -0.2) is 31.3 Å². The lowest BCUT2D eigenvalue weighted by molar-refractivity contribution is -0.118. The number of carbonyl (C=O) groups is 2. The maximum Gasteiger partial charge on any atom is 0.227 e. The molecule has 2 aliphatic heterocycles. The minimum Gasteiger partial charge on any atom is -0.372 e. The number of hydrogen-bond donors (Lipinski definition) is 0. The van der Waals surface area contributed by atoms with Crippen LogP contribution in [0.4, 0.5) is 15.8 Å². The van der Waals surface area contributed by atoms with Gasteiger partial charge in [-0.05, 0) is 55.2 Å². The molecule has 1 fully saturated rings. The number of amides is 1. The van der Waals surface area contributed by atoms with E-state index in [9.17, 15) is 14.0 Å². The molecule has 4 nitrogen and oxygen atoms in total. The van der Waals surface area contributed by atoms with E-state index in [1.54, 1.807) is 17.0 Å². The molecule has 0 aromatic heterocycles. The number of nitrogens with zero attached hydrogens (tertiary/aromatic N) is 2. The van der Waals surface area contributed by atoms with Gasteiger partial charge in [0.25, 0.3) is 0 Å². The number of rotatable bonds is 5. The number of carbonyl (C=O) groups excluding carboxylic acids is 2. The number of hydrogen-bond acceptors (Lipinski definition) is 3. The molecule has 4 rings (SSSR count). The second-order valence-electron chi connectivity index (χ2n) is 7.21. The summed E-state index contributed by atoms with van der Waals surface area (Å²) in [6, 6.07) is 12.2. The Hall–Kier alpha value is -2.69. The average molecular weight is 366 g/mol. The number of fused-ring (bicyclic) bond motifs is 1. The molecular weight excluding hydrogens is 343 g/mol. The van der Waals surface area contributed by atoms with Gasteiger partial charge in [0.15, 0.2) is 5.78 Å². The number of anilines is 2. The highest BCUT2D eigenvalue weighted by molar-refractivity contribution is 6.01. The Kier molecular flexibility index (Phi) is 4.92. The second kappa shape index (κ2) is 7.51. The molecular formula is C22H23FN2O2. The molecule has 0 saturated carbocycles. The highest BCUT2D eigenvalue weighted by Crippen LogP contribution is 2.33. The van der Waals surface area contributed by atoms with Gasteiger partial charge in [-0.3, -0.25) is 9.59 Å². The molecule has 2 aliphatic rings. The van der Waals surface area contributed by atoms with Gasteiger partial charge in [0, 0.05) is 43.9 Å². The van der Waals surface area contributed by atoms with E-state index in [0.29, 0.717) is 6.54 Å². The highest BCUT2D eigenvalue weighted by atomic mass is 19.1. The summed E-state index contributed by atoms with van der Waals surface area (Å²) in [4.78, 5) is 29.0. The van der Waals surface area contributed by atoms with Crippen molar-refractivity contribution in [1.82, 2.24) is 0 Å². The summed E-state index contributed by atoms with van der Waals surface area (Å²) in [6.07, 6.45) is 3.43. The number of ketones is 1. The first-order valence-electron chi connectivity index (χ1n) is 9.59. The summed E-state index contributed by atoms with van der Waals surface area (Å²) < 4.78 is 13.7. The maximum atomic E-state index is 13.7. The van der Waals surface area contributed by atoms with Gasteiger partial charge in [-0.2, -0.15) is 0 Å². The lowest BCUT2D eigenvalue weighted by Crippen LogP contribution is -2.29. The molecule has 2 aromatic carbocycles. The zero-order valence-corrected chi connectivity index (χ0v) is 15.3. The van der Waals surface area contributed by atoms with Crippen molar-refractivity contribution in [3.05, 3.63) is 59.4 Å². The van der Waals surface area contributed by atoms with E-state index in [0.717, 1.165) is 25.2 Å². The largest absolute Gasteiger partial charge is 0.372 e. The molecule has 2 aromatic rings. The van der Waals surface area contributed by atoms with Crippen LogP contribution in [-0.2, 0) is 11.2 Å².